The summed E-state index contributed by atoms with van der Waals surface area (Å²) in [6.07, 6.45) is 0. The molecule has 0 bridgehead atoms. The van der Waals surface area contributed by atoms with Crippen LogP contribution >= 0.6 is 22.6 Å². The van der Waals surface area contributed by atoms with Gasteiger partial charge in [0.2, 0.25) is 0 Å². The van der Waals surface area contributed by atoms with Gasteiger partial charge in [0.15, 0.2) is 0 Å². The Kier molecular flexibility index (Phi) is 5.15. The number of methoxy groups -OCH3 is 1. The summed E-state index contributed by atoms with van der Waals surface area (Å²) < 4.78 is 11.5. The highest BCUT2D eigenvalue weighted by Crippen LogP contribution is 2.24. The zero-order valence-corrected chi connectivity index (χ0v) is 15.2. The van der Waals surface area contributed by atoms with Crippen LogP contribution in [0.15, 0.2) is 72.8 Å². The van der Waals surface area contributed by atoms with Gasteiger partial charge < -0.3 is 9.47 Å². The number of benzene rings is 3. The van der Waals surface area contributed by atoms with E-state index < -0.39 is 0 Å². The van der Waals surface area contributed by atoms with E-state index in [-0.39, 0.29) is 5.97 Å². The number of rotatable bonds is 4. The largest absolute Gasteiger partial charge is 0.496 e. The zero-order valence-electron chi connectivity index (χ0n) is 13.0. The van der Waals surface area contributed by atoms with Gasteiger partial charge in [-0.05, 0) is 64.0 Å². The Labute approximate surface area is 154 Å². The number of esters is 1. The van der Waals surface area contributed by atoms with Gasteiger partial charge in [0.05, 0.1) is 16.2 Å². The van der Waals surface area contributed by atoms with Crippen LogP contribution in [0.25, 0.3) is 11.1 Å². The van der Waals surface area contributed by atoms with Gasteiger partial charge in [-0.2, -0.15) is 0 Å². The average molecular weight is 430 g/mol. The molecule has 3 nitrogen and oxygen atoms in total. The van der Waals surface area contributed by atoms with E-state index in [1.807, 2.05) is 42.5 Å². The van der Waals surface area contributed by atoms with Crippen LogP contribution in [0.2, 0.25) is 0 Å². The number of hydrogen-bond acceptors (Lipinski definition) is 3. The molecule has 0 amide bonds. The Morgan fingerprint density at radius 2 is 1.54 bits per heavy atom. The molecule has 3 aromatic carbocycles. The summed E-state index contributed by atoms with van der Waals surface area (Å²) in [5.74, 6) is 0.868. The summed E-state index contributed by atoms with van der Waals surface area (Å²) in [5.41, 5.74) is 2.70. The molecule has 0 aliphatic rings. The molecule has 120 valence electrons. The van der Waals surface area contributed by atoms with Crippen LogP contribution in [0.3, 0.4) is 0 Å². The molecule has 0 aromatic heterocycles. The third kappa shape index (κ3) is 3.76. The second kappa shape index (κ2) is 7.49. The zero-order chi connectivity index (χ0) is 16.9. The first-order valence-corrected chi connectivity index (χ1v) is 8.46. The van der Waals surface area contributed by atoms with Crippen LogP contribution < -0.4 is 9.47 Å². The van der Waals surface area contributed by atoms with Crippen LogP contribution in [0.4, 0.5) is 0 Å². The molecule has 0 unspecified atom stereocenters. The molecule has 0 saturated carbocycles. The fraction of sp³-hybridized carbons (Fsp3) is 0.0500. The van der Waals surface area contributed by atoms with E-state index in [1.54, 1.807) is 37.4 Å². The molecule has 0 fully saturated rings. The Morgan fingerprint density at radius 3 is 2.17 bits per heavy atom. The average Bonchev–Trinajstić information content (AvgIpc) is 2.63. The first-order chi connectivity index (χ1) is 11.7. The highest BCUT2D eigenvalue weighted by Gasteiger charge is 2.11. The lowest BCUT2D eigenvalue weighted by Gasteiger charge is -2.08. The van der Waals surface area contributed by atoms with Gasteiger partial charge in [0.1, 0.15) is 11.5 Å². The Morgan fingerprint density at radius 1 is 0.875 bits per heavy atom. The summed E-state index contributed by atoms with van der Waals surface area (Å²) in [6, 6.07) is 22.7. The van der Waals surface area contributed by atoms with E-state index >= 15 is 0 Å². The predicted octanol–water partition coefficient (Wildman–Crippen LogP) is 5.19. The van der Waals surface area contributed by atoms with Gasteiger partial charge in [-0.3, -0.25) is 0 Å². The van der Waals surface area contributed by atoms with Gasteiger partial charge in [-0.15, -0.1) is 0 Å². The summed E-state index contributed by atoms with van der Waals surface area (Å²) in [5, 5.41) is 0. The SMILES string of the molecule is COc1ccc(C(=O)Oc2ccc(-c3ccccc3)cc2)cc1I. The van der Waals surface area contributed by atoms with Crippen LogP contribution in [-0.4, -0.2) is 13.1 Å². The molecule has 0 aliphatic heterocycles. The van der Waals surface area contributed by atoms with Gasteiger partial charge in [0, 0.05) is 0 Å². The van der Waals surface area contributed by atoms with E-state index in [1.165, 1.54) is 0 Å². The van der Waals surface area contributed by atoms with Crippen LogP contribution in [0.1, 0.15) is 10.4 Å². The predicted molar refractivity (Wildman–Crippen MR) is 103 cm³/mol. The van der Waals surface area contributed by atoms with Crippen LogP contribution in [0, 0.1) is 3.57 Å². The Balaban J connectivity index is 1.74. The third-order valence-corrected chi connectivity index (χ3v) is 4.40. The van der Waals surface area contributed by atoms with Crippen LogP contribution in [-0.2, 0) is 0 Å². The lowest BCUT2D eigenvalue weighted by atomic mass is 10.1. The smallest absolute Gasteiger partial charge is 0.343 e. The van der Waals surface area contributed by atoms with Crippen LogP contribution in [0.5, 0.6) is 11.5 Å². The molecule has 0 spiro atoms. The Hall–Kier alpha value is -2.34. The number of carbonyl (C=O) groups is 1. The number of hydrogen-bond donors (Lipinski definition) is 0. The maximum Gasteiger partial charge on any atom is 0.343 e. The minimum atomic E-state index is -0.386. The van der Waals surface area contributed by atoms with Crippen molar-refractivity contribution in [2.45, 2.75) is 0 Å². The molecular formula is C20H15IO3. The van der Waals surface area contributed by atoms with Gasteiger partial charge >= 0.3 is 5.97 Å². The quantitative estimate of drug-likeness (QED) is 0.325. The van der Waals surface area contributed by atoms with Gasteiger partial charge in [-0.1, -0.05) is 42.5 Å². The van der Waals surface area contributed by atoms with E-state index in [4.69, 9.17) is 9.47 Å². The molecule has 0 radical (unpaired) electrons. The van der Waals surface area contributed by atoms with Crippen molar-refractivity contribution in [3.05, 3.63) is 81.9 Å². The van der Waals surface area contributed by atoms with Crippen molar-refractivity contribution in [2.75, 3.05) is 7.11 Å². The minimum absolute atomic E-state index is 0.386. The third-order valence-electron chi connectivity index (χ3n) is 3.56. The first kappa shape index (κ1) is 16.5. The maximum absolute atomic E-state index is 12.3. The fourth-order valence-electron chi connectivity index (χ4n) is 2.31. The first-order valence-electron chi connectivity index (χ1n) is 7.38. The van der Waals surface area contributed by atoms with E-state index in [9.17, 15) is 4.79 Å². The van der Waals surface area contributed by atoms with Gasteiger partial charge in [0.25, 0.3) is 0 Å². The summed E-state index contributed by atoms with van der Waals surface area (Å²) in [7, 11) is 1.60. The topological polar surface area (TPSA) is 35.5 Å². The molecule has 24 heavy (non-hydrogen) atoms. The van der Waals surface area contributed by atoms with Crippen molar-refractivity contribution >= 4 is 28.6 Å². The highest BCUT2D eigenvalue weighted by atomic mass is 127. The van der Waals surface area contributed by atoms with E-state index in [0.717, 1.165) is 20.4 Å². The highest BCUT2D eigenvalue weighted by molar-refractivity contribution is 14.1. The maximum atomic E-state index is 12.3. The fourth-order valence-corrected chi connectivity index (χ4v) is 3.04. The molecule has 4 heteroatoms. The standard InChI is InChI=1S/C20H15IO3/c1-23-19-12-9-16(13-18(19)21)20(22)24-17-10-7-15(8-11-17)14-5-3-2-4-6-14/h2-13H,1H3. The monoisotopic (exact) mass is 430 g/mol. The van der Waals surface area contributed by atoms with Crippen molar-refractivity contribution in [1.29, 1.82) is 0 Å². The number of carbonyl (C=O) groups excluding carboxylic acids is 1. The normalized spacial score (nSPS) is 10.2. The van der Waals surface area contributed by atoms with E-state index in [2.05, 4.69) is 22.6 Å². The van der Waals surface area contributed by atoms with Crippen molar-refractivity contribution in [3.63, 3.8) is 0 Å². The van der Waals surface area contributed by atoms with Crippen molar-refractivity contribution in [1.82, 2.24) is 0 Å². The summed E-state index contributed by atoms with van der Waals surface area (Å²) in [6.45, 7) is 0. The van der Waals surface area contributed by atoms with Crippen molar-refractivity contribution in [2.24, 2.45) is 0 Å². The molecular weight excluding hydrogens is 415 g/mol. The lowest BCUT2D eigenvalue weighted by molar-refractivity contribution is 0.0734. The second-order valence-electron chi connectivity index (χ2n) is 5.13. The minimum Gasteiger partial charge on any atom is -0.496 e. The molecule has 0 atom stereocenters. The number of halogens is 1. The van der Waals surface area contributed by atoms with Crippen molar-refractivity contribution in [3.8, 4) is 22.6 Å². The van der Waals surface area contributed by atoms with Crippen molar-refractivity contribution < 1.29 is 14.3 Å². The van der Waals surface area contributed by atoms with Gasteiger partial charge in [-0.25, -0.2) is 4.79 Å². The lowest BCUT2D eigenvalue weighted by Crippen LogP contribution is -2.08. The molecule has 0 saturated heterocycles. The molecule has 0 heterocycles. The molecule has 3 rings (SSSR count). The Bertz CT molecular complexity index is 843. The van der Waals surface area contributed by atoms with E-state index in [0.29, 0.717) is 11.3 Å². The second-order valence-corrected chi connectivity index (χ2v) is 6.29. The molecule has 0 aliphatic carbocycles. The summed E-state index contributed by atoms with van der Waals surface area (Å²) in [4.78, 5) is 12.3. The molecule has 0 N–H and O–H groups in total. The summed E-state index contributed by atoms with van der Waals surface area (Å²) >= 11 is 2.13. The molecule has 3 aromatic rings. The number of ether oxygens (including phenoxy) is 2.